The number of nitrogens with one attached hydrogen (secondary N) is 2. The Morgan fingerprint density at radius 2 is 1.97 bits per heavy atom. The van der Waals surface area contributed by atoms with E-state index >= 15 is 0 Å². The topological polar surface area (TPSA) is 57.3 Å². The summed E-state index contributed by atoms with van der Waals surface area (Å²) in [6.07, 6.45) is 2.91. The second kappa shape index (κ2) is 8.90. The molecule has 0 saturated carbocycles. The maximum absolute atomic E-state index is 13.6. The molecule has 2 N–H and O–H groups in total. The van der Waals surface area contributed by atoms with Crippen LogP contribution in [0.15, 0.2) is 54.6 Å². The smallest absolute Gasteiger partial charge is 0.254 e. The molecule has 1 fully saturated rings. The molecule has 0 radical (unpaired) electrons. The van der Waals surface area contributed by atoms with Crippen molar-refractivity contribution in [1.29, 1.82) is 0 Å². The highest BCUT2D eigenvalue weighted by Gasteiger charge is 2.24. The van der Waals surface area contributed by atoms with E-state index in [1.54, 1.807) is 17.0 Å². The van der Waals surface area contributed by atoms with Crippen molar-refractivity contribution in [2.24, 2.45) is 0 Å². The molecule has 0 bridgehead atoms. The van der Waals surface area contributed by atoms with E-state index in [9.17, 15) is 9.18 Å². The van der Waals surface area contributed by atoms with E-state index < -0.39 is 0 Å². The first kappa shape index (κ1) is 20.4. The molecule has 2 heterocycles. The summed E-state index contributed by atoms with van der Waals surface area (Å²) in [6, 6.07) is 17.3. The van der Waals surface area contributed by atoms with Crippen LogP contribution >= 0.6 is 0 Å². The maximum Gasteiger partial charge on any atom is 0.254 e. The van der Waals surface area contributed by atoms with Crippen LogP contribution in [0.1, 0.15) is 46.9 Å². The van der Waals surface area contributed by atoms with Crippen LogP contribution in [-0.2, 0) is 0 Å². The number of benzene rings is 2. The number of aromatic nitrogens is 1. The highest BCUT2D eigenvalue weighted by atomic mass is 19.1. The van der Waals surface area contributed by atoms with E-state index in [0.29, 0.717) is 40.8 Å². The fraction of sp³-hybridized carbons (Fsp3) is 0.333. The van der Waals surface area contributed by atoms with Crippen LogP contribution in [0.2, 0.25) is 0 Å². The van der Waals surface area contributed by atoms with E-state index in [1.807, 2.05) is 20.0 Å². The van der Waals surface area contributed by atoms with Crippen LogP contribution in [0.5, 0.6) is 0 Å². The fourth-order valence-corrected chi connectivity index (χ4v) is 4.11. The van der Waals surface area contributed by atoms with Gasteiger partial charge in [-0.2, -0.15) is 0 Å². The zero-order valence-electron chi connectivity index (χ0n) is 17.4. The average molecular weight is 407 g/mol. The van der Waals surface area contributed by atoms with E-state index in [-0.39, 0.29) is 11.7 Å². The van der Waals surface area contributed by atoms with Crippen molar-refractivity contribution >= 4 is 16.8 Å². The van der Waals surface area contributed by atoms with Crippen molar-refractivity contribution in [3.05, 3.63) is 77.2 Å². The molecule has 1 aliphatic rings. The number of fused-ring (bicyclic) bond motifs is 1. The van der Waals surface area contributed by atoms with Gasteiger partial charge in [-0.15, -0.1) is 0 Å². The second-order valence-corrected chi connectivity index (χ2v) is 8.03. The predicted octanol–water partition coefficient (Wildman–Crippen LogP) is 4.14. The van der Waals surface area contributed by atoms with Crippen molar-refractivity contribution in [3.8, 4) is 0 Å². The highest BCUT2D eigenvalue weighted by Crippen LogP contribution is 2.24. The normalized spacial score (nSPS) is 18.6. The Labute approximate surface area is 176 Å². The molecule has 2 aromatic carbocycles. The molecule has 2 unspecified atom stereocenters. The number of carbonyl (C=O) groups excluding carboxylic acids is 1. The Kier molecular flexibility index (Phi) is 6.06. The highest BCUT2D eigenvalue weighted by molar-refractivity contribution is 6.06. The quantitative estimate of drug-likeness (QED) is 0.646. The summed E-state index contributed by atoms with van der Waals surface area (Å²) in [6.45, 7) is 2.49. The number of carbonyl (C=O) groups is 1. The molecule has 1 aliphatic heterocycles. The Morgan fingerprint density at radius 1 is 1.17 bits per heavy atom. The van der Waals surface area contributed by atoms with Crippen LogP contribution in [0.25, 0.3) is 10.9 Å². The van der Waals surface area contributed by atoms with Gasteiger partial charge in [-0.25, -0.2) is 4.39 Å². The van der Waals surface area contributed by atoms with Crippen LogP contribution in [0.4, 0.5) is 4.39 Å². The molecular weight excluding hydrogens is 379 g/mol. The molecule has 1 saturated heterocycles. The number of pyridine rings is 1. The Morgan fingerprint density at radius 3 is 2.77 bits per heavy atom. The molecule has 0 spiro atoms. The third-order valence-electron chi connectivity index (χ3n) is 5.71. The van der Waals surface area contributed by atoms with Gasteiger partial charge in [0.2, 0.25) is 0 Å². The molecule has 156 valence electrons. The summed E-state index contributed by atoms with van der Waals surface area (Å²) < 4.78 is 13.6. The molecule has 2 atom stereocenters. The molecule has 6 heteroatoms. The monoisotopic (exact) mass is 406 g/mol. The number of hydrogen-bond donors (Lipinski definition) is 2. The lowest BCUT2D eigenvalue weighted by molar-refractivity contribution is 0.0793. The van der Waals surface area contributed by atoms with Gasteiger partial charge in [0, 0.05) is 42.8 Å². The summed E-state index contributed by atoms with van der Waals surface area (Å²) in [5.41, 5.74) is 9.83. The third-order valence-corrected chi connectivity index (χ3v) is 5.71. The summed E-state index contributed by atoms with van der Waals surface area (Å²) in [5, 5.41) is 0.686. The molecule has 1 aromatic heterocycles. The molecular formula is C24H27FN4O. The van der Waals surface area contributed by atoms with Gasteiger partial charge in [-0.3, -0.25) is 20.6 Å². The SMILES string of the molecule is Cc1cc(C(=O)N(C)CCCC2CC(c3ccccc3)NN2)c2ccc(F)cc2n1. The van der Waals surface area contributed by atoms with Gasteiger partial charge in [0.05, 0.1) is 11.1 Å². The van der Waals surface area contributed by atoms with Crippen LogP contribution in [0, 0.1) is 12.7 Å². The summed E-state index contributed by atoms with van der Waals surface area (Å²) >= 11 is 0. The zero-order valence-corrected chi connectivity index (χ0v) is 17.4. The van der Waals surface area contributed by atoms with Gasteiger partial charge in [0.1, 0.15) is 5.82 Å². The maximum atomic E-state index is 13.6. The van der Waals surface area contributed by atoms with Crippen molar-refractivity contribution in [2.45, 2.75) is 38.3 Å². The average Bonchev–Trinajstić information content (AvgIpc) is 3.21. The Balaban J connectivity index is 1.34. The van der Waals surface area contributed by atoms with Crippen LogP contribution in [-0.4, -0.2) is 35.4 Å². The standard InChI is InChI=1S/C24H27FN4O/c1-16-13-21(20-11-10-18(25)14-23(20)26-16)24(30)29(2)12-6-9-19-15-22(28-27-19)17-7-4-3-5-8-17/h3-5,7-8,10-11,13-14,19,22,27-28H,6,9,12,15H2,1-2H3. The molecule has 30 heavy (non-hydrogen) atoms. The van der Waals surface area contributed by atoms with Gasteiger partial charge < -0.3 is 4.90 Å². The summed E-state index contributed by atoms with van der Waals surface area (Å²) in [7, 11) is 1.82. The van der Waals surface area contributed by atoms with Crippen molar-refractivity contribution in [1.82, 2.24) is 20.7 Å². The minimum atomic E-state index is -0.348. The van der Waals surface area contributed by atoms with Gasteiger partial charge in [-0.05, 0) is 49.9 Å². The molecule has 0 aliphatic carbocycles. The summed E-state index contributed by atoms with van der Waals surface area (Å²) in [5.74, 6) is -0.407. The van der Waals surface area contributed by atoms with Gasteiger partial charge in [-0.1, -0.05) is 30.3 Å². The third kappa shape index (κ3) is 4.50. The Hall–Kier alpha value is -2.83. The molecule has 5 nitrogen and oxygen atoms in total. The lowest BCUT2D eigenvalue weighted by Crippen LogP contribution is -2.32. The number of rotatable bonds is 6. The van der Waals surface area contributed by atoms with Crippen LogP contribution < -0.4 is 10.9 Å². The lowest BCUT2D eigenvalue weighted by atomic mass is 9.99. The van der Waals surface area contributed by atoms with Gasteiger partial charge >= 0.3 is 0 Å². The first-order chi connectivity index (χ1) is 14.5. The first-order valence-electron chi connectivity index (χ1n) is 10.4. The first-order valence-corrected chi connectivity index (χ1v) is 10.4. The molecule has 1 amide bonds. The number of aryl methyl sites for hydroxylation is 1. The van der Waals surface area contributed by atoms with E-state index in [2.05, 4.69) is 40.1 Å². The van der Waals surface area contributed by atoms with E-state index in [0.717, 1.165) is 19.3 Å². The van der Waals surface area contributed by atoms with Crippen molar-refractivity contribution in [2.75, 3.05) is 13.6 Å². The number of amides is 1. The zero-order chi connectivity index (χ0) is 21.1. The second-order valence-electron chi connectivity index (χ2n) is 8.03. The number of halogens is 1. The molecule has 4 rings (SSSR count). The van der Waals surface area contributed by atoms with Gasteiger partial charge in [0.15, 0.2) is 0 Å². The lowest BCUT2D eigenvalue weighted by Gasteiger charge is -2.19. The largest absolute Gasteiger partial charge is 0.342 e. The minimum Gasteiger partial charge on any atom is -0.342 e. The Bertz CT molecular complexity index is 1030. The van der Waals surface area contributed by atoms with Crippen LogP contribution in [0.3, 0.4) is 0 Å². The number of nitrogens with zero attached hydrogens (tertiary/aromatic N) is 2. The van der Waals surface area contributed by atoms with Gasteiger partial charge in [0.25, 0.3) is 5.91 Å². The summed E-state index contributed by atoms with van der Waals surface area (Å²) in [4.78, 5) is 19.1. The number of hydrazine groups is 1. The number of hydrogen-bond acceptors (Lipinski definition) is 4. The molecule has 3 aromatic rings. The predicted molar refractivity (Wildman–Crippen MR) is 116 cm³/mol. The van der Waals surface area contributed by atoms with E-state index in [4.69, 9.17) is 0 Å². The fourth-order valence-electron chi connectivity index (χ4n) is 4.11. The van der Waals surface area contributed by atoms with Crippen molar-refractivity contribution < 1.29 is 9.18 Å². The minimum absolute atomic E-state index is 0.0585. The van der Waals surface area contributed by atoms with E-state index in [1.165, 1.54) is 17.7 Å². The van der Waals surface area contributed by atoms with Crippen molar-refractivity contribution in [3.63, 3.8) is 0 Å².